The van der Waals surface area contributed by atoms with Crippen LogP contribution in [0, 0.1) is 0 Å². The Morgan fingerprint density at radius 3 is 1.60 bits per heavy atom. The Hall–Kier alpha value is -5.58. The lowest BCUT2D eigenvalue weighted by molar-refractivity contribution is -0.138. The summed E-state index contributed by atoms with van der Waals surface area (Å²) in [7, 11) is 0. The minimum Gasteiger partial charge on any atom is -0.494 e. The molecule has 3 aromatic rings. The van der Waals surface area contributed by atoms with Gasteiger partial charge in [-0.1, -0.05) is 25.3 Å². The summed E-state index contributed by atoms with van der Waals surface area (Å²) in [5.41, 5.74) is 1.82. The first-order valence-corrected chi connectivity index (χ1v) is 15.4. The van der Waals surface area contributed by atoms with Crippen LogP contribution in [0.25, 0.3) is 22.3 Å². The molecule has 3 rings (SSSR count). The lowest BCUT2D eigenvalue weighted by Crippen LogP contribution is -2.09. The summed E-state index contributed by atoms with van der Waals surface area (Å²) >= 11 is 0. The van der Waals surface area contributed by atoms with Gasteiger partial charge in [0, 0.05) is 23.3 Å². The van der Waals surface area contributed by atoms with Crippen molar-refractivity contribution in [3.05, 3.63) is 91.0 Å². The van der Waals surface area contributed by atoms with E-state index in [-0.39, 0.29) is 30.4 Å². The molecule has 0 heterocycles. The Balaban J connectivity index is 1.89. The van der Waals surface area contributed by atoms with Crippen LogP contribution in [0.4, 0.5) is 0 Å². The molecule has 2 N–H and O–H groups in total. The molecule has 0 aliphatic heterocycles. The maximum atomic E-state index is 12.3. The van der Waals surface area contributed by atoms with Crippen LogP contribution in [0.5, 0.6) is 17.2 Å². The van der Waals surface area contributed by atoms with Crippen LogP contribution >= 0.6 is 0 Å². The van der Waals surface area contributed by atoms with Crippen molar-refractivity contribution in [2.75, 3.05) is 26.4 Å². The van der Waals surface area contributed by atoms with Crippen molar-refractivity contribution in [1.29, 1.82) is 0 Å². The summed E-state index contributed by atoms with van der Waals surface area (Å²) < 4.78 is 27.8. The Morgan fingerprint density at radius 2 is 1.12 bits per heavy atom. The number of ether oxygens (including phenoxy) is 5. The molecule has 0 fully saturated rings. The number of carbonyl (C=O) groups is 4. The van der Waals surface area contributed by atoms with Crippen LogP contribution in [0.15, 0.2) is 79.9 Å². The molecular weight excluding hydrogens is 620 g/mol. The van der Waals surface area contributed by atoms with Gasteiger partial charge in [-0.3, -0.25) is 0 Å². The maximum Gasteiger partial charge on any atom is 0.336 e. The average Bonchev–Trinajstić information content (AvgIpc) is 3.06. The van der Waals surface area contributed by atoms with E-state index in [1.807, 2.05) is 13.8 Å². The number of rotatable bonds is 20. The van der Waals surface area contributed by atoms with Crippen LogP contribution in [0.3, 0.4) is 0 Å². The Kier molecular flexibility index (Phi) is 14.2. The molecule has 0 unspecified atom stereocenters. The van der Waals surface area contributed by atoms with Crippen molar-refractivity contribution in [1.82, 2.24) is 0 Å². The summed E-state index contributed by atoms with van der Waals surface area (Å²) in [6.45, 7) is 11.5. The van der Waals surface area contributed by atoms with Crippen LogP contribution < -0.4 is 14.2 Å². The predicted molar refractivity (Wildman–Crippen MR) is 179 cm³/mol. The van der Waals surface area contributed by atoms with Gasteiger partial charge in [-0.25, -0.2) is 19.2 Å². The normalized spacial score (nSPS) is 10.6. The number of aromatic carboxylic acids is 2. The molecule has 0 saturated heterocycles. The molecule has 0 bridgehead atoms. The number of esters is 2. The standard InChI is InChI=1S/C37H40O11/c1-5-34(38)46-19-9-7-17-44-26-12-15-29(36(40)41)31(22-26)25-11-14-28(33(21-25)48-24(3)4)32-23-27(13-16-30(32)37(42)43)45-18-8-10-20-47-35(39)6-2/h5-6,11-16,21-24H,1-2,7-10,17-20H2,3-4H3,(H,40,41)(H,42,43). The molecule has 0 aliphatic carbocycles. The van der Waals surface area contributed by atoms with E-state index in [4.69, 9.17) is 23.7 Å². The third kappa shape index (κ3) is 11.0. The summed E-state index contributed by atoms with van der Waals surface area (Å²) in [6, 6.07) is 14.4. The van der Waals surface area contributed by atoms with Gasteiger partial charge < -0.3 is 33.9 Å². The largest absolute Gasteiger partial charge is 0.494 e. The predicted octanol–water partition coefficient (Wildman–Crippen LogP) is 6.98. The van der Waals surface area contributed by atoms with E-state index in [2.05, 4.69) is 13.2 Å². The van der Waals surface area contributed by atoms with E-state index < -0.39 is 23.9 Å². The zero-order valence-corrected chi connectivity index (χ0v) is 27.1. The van der Waals surface area contributed by atoms with Gasteiger partial charge in [0.2, 0.25) is 0 Å². The zero-order chi connectivity index (χ0) is 35.1. The number of benzene rings is 3. The van der Waals surface area contributed by atoms with Gasteiger partial charge in [-0.15, -0.1) is 0 Å². The quantitative estimate of drug-likeness (QED) is 0.0732. The SMILES string of the molecule is C=CC(=O)OCCCCOc1ccc(C(=O)O)c(-c2ccc(-c3cc(OCCCCOC(=O)C=C)ccc3C(=O)O)c(OC(C)C)c2)c1. The first-order valence-electron chi connectivity index (χ1n) is 15.4. The van der Waals surface area contributed by atoms with Crippen molar-refractivity contribution in [3.63, 3.8) is 0 Å². The highest BCUT2D eigenvalue weighted by Gasteiger charge is 2.20. The Labute approximate surface area is 279 Å². The lowest BCUT2D eigenvalue weighted by Gasteiger charge is -2.19. The van der Waals surface area contributed by atoms with Crippen LogP contribution in [0.1, 0.15) is 60.2 Å². The molecule has 3 aromatic carbocycles. The fourth-order valence-corrected chi connectivity index (χ4v) is 4.58. The number of carbonyl (C=O) groups excluding carboxylic acids is 2. The maximum absolute atomic E-state index is 12.3. The van der Waals surface area contributed by atoms with E-state index in [9.17, 15) is 29.4 Å². The second-order valence-corrected chi connectivity index (χ2v) is 10.8. The van der Waals surface area contributed by atoms with Gasteiger partial charge >= 0.3 is 23.9 Å². The molecule has 0 spiro atoms. The van der Waals surface area contributed by atoms with Crippen LogP contribution in [0.2, 0.25) is 0 Å². The van der Waals surface area contributed by atoms with E-state index >= 15 is 0 Å². The summed E-state index contributed by atoms with van der Waals surface area (Å²) in [5, 5.41) is 20.0. The first-order chi connectivity index (χ1) is 23.0. The summed E-state index contributed by atoms with van der Waals surface area (Å²) in [5.74, 6) is -2.02. The highest BCUT2D eigenvalue weighted by atomic mass is 16.5. The first kappa shape index (κ1) is 36.9. The molecule has 11 heteroatoms. The second-order valence-electron chi connectivity index (χ2n) is 10.8. The smallest absolute Gasteiger partial charge is 0.336 e. The number of hydrogen-bond acceptors (Lipinski definition) is 9. The number of carboxylic acids is 2. The van der Waals surface area contributed by atoms with Crippen molar-refractivity contribution >= 4 is 23.9 Å². The second kappa shape index (κ2) is 18.5. The van der Waals surface area contributed by atoms with Gasteiger partial charge in [-0.05, 0) is 93.1 Å². The van der Waals surface area contributed by atoms with Gasteiger partial charge in [0.25, 0.3) is 0 Å². The topological polar surface area (TPSA) is 155 Å². The monoisotopic (exact) mass is 660 g/mol. The highest BCUT2D eigenvalue weighted by molar-refractivity contribution is 5.99. The van der Waals surface area contributed by atoms with Gasteiger partial charge in [0.1, 0.15) is 17.2 Å². The van der Waals surface area contributed by atoms with Crippen molar-refractivity contribution in [3.8, 4) is 39.5 Å². The molecule has 0 saturated carbocycles. The fourth-order valence-electron chi connectivity index (χ4n) is 4.58. The molecule has 0 amide bonds. The third-order valence-corrected chi connectivity index (χ3v) is 6.83. The number of unbranched alkanes of at least 4 members (excludes halogenated alkanes) is 2. The average molecular weight is 661 g/mol. The minimum absolute atomic E-state index is 0.0286. The van der Waals surface area contributed by atoms with Gasteiger partial charge in [0.15, 0.2) is 0 Å². The number of hydrogen-bond donors (Lipinski definition) is 2. The van der Waals surface area contributed by atoms with E-state index in [0.717, 1.165) is 12.2 Å². The Bertz CT molecular complexity index is 1620. The zero-order valence-electron chi connectivity index (χ0n) is 27.1. The minimum atomic E-state index is -1.14. The van der Waals surface area contributed by atoms with Crippen LogP contribution in [-0.4, -0.2) is 66.6 Å². The van der Waals surface area contributed by atoms with Crippen molar-refractivity contribution in [2.24, 2.45) is 0 Å². The highest BCUT2D eigenvalue weighted by Crippen LogP contribution is 2.39. The lowest BCUT2D eigenvalue weighted by atomic mass is 9.93. The van der Waals surface area contributed by atoms with Crippen LogP contribution in [-0.2, 0) is 19.1 Å². The summed E-state index contributed by atoms with van der Waals surface area (Å²) in [6.07, 6.45) is 4.25. The van der Waals surface area contributed by atoms with Gasteiger partial charge in [-0.2, -0.15) is 0 Å². The molecule has 0 radical (unpaired) electrons. The molecule has 11 nitrogen and oxygen atoms in total. The van der Waals surface area contributed by atoms with E-state index in [1.54, 1.807) is 42.5 Å². The summed E-state index contributed by atoms with van der Waals surface area (Å²) in [4.78, 5) is 46.8. The molecule has 0 aromatic heterocycles. The van der Waals surface area contributed by atoms with Crippen molar-refractivity contribution < 1.29 is 53.1 Å². The number of carboxylic acid groups (broad SMARTS) is 2. The van der Waals surface area contributed by atoms with Crippen molar-refractivity contribution in [2.45, 2.75) is 45.6 Å². The fraction of sp³-hybridized carbons (Fsp3) is 0.297. The molecule has 0 atom stereocenters. The third-order valence-electron chi connectivity index (χ3n) is 6.83. The van der Waals surface area contributed by atoms with E-state index in [0.29, 0.717) is 78.4 Å². The van der Waals surface area contributed by atoms with Gasteiger partial charge in [0.05, 0.1) is 43.7 Å². The Morgan fingerprint density at radius 1 is 0.646 bits per heavy atom. The molecule has 48 heavy (non-hydrogen) atoms. The molecule has 0 aliphatic rings. The molecular formula is C37H40O11. The van der Waals surface area contributed by atoms with E-state index in [1.165, 1.54) is 12.1 Å². The molecule has 254 valence electrons.